The minimum absolute atomic E-state index is 0.0588. The van der Waals surface area contributed by atoms with E-state index in [1.54, 1.807) is 35.1 Å². The summed E-state index contributed by atoms with van der Waals surface area (Å²) in [6.45, 7) is 4.15. The molecule has 1 aliphatic heterocycles. The fourth-order valence-corrected chi connectivity index (χ4v) is 2.85. The van der Waals surface area contributed by atoms with Crippen LogP contribution in [0.25, 0.3) is 17.0 Å². The van der Waals surface area contributed by atoms with E-state index in [1.807, 2.05) is 30.3 Å². The minimum Gasteiger partial charge on any atom is -0.450 e. The second-order valence-corrected chi connectivity index (χ2v) is 5.77. The first-order valence-corrected chi connectivity index (χ1v) is 8.41. The maximum absolute atomic E-state index is 12.4. The molecule has 130 valence electrons. The molecular weight excluding hydrogens is 318 g/mol. The van der Waals surface area contributed by atoms with E-state index in [9.17, 15) is 9.59 Å². The number of aromatic nitrogens is 1. The van der Waals surface area contributed by atoms with Crippen molar-refractivity contribution in [2.24, 2.45) is 0 Å². The first-order chi connectivity index (χ1) is 12.2. The number of fused-ring (bicyclic) bond motifs is 1. The second kappa shape index (κ2) is 7.79. The summed E-state index contributed by atoms with van der Waals surface area (Å²) in [5, 5.41) is 1.04. The van der Waals surface area contributed by atoms with Gasteiger partial charge in [0.05, 0.1) is 12.1 Å². The number of benzene rings is 1. The largest absolute Gasteiger partial charge is 0.450 e. The molecule has 2 heterocycles. The Bertz CT molecular complexity index is 790. The van der Waals surface area contributed by atoms with Crippen molar-refractivity contribution < 1.29 is 14.3 Å². The number of nitrogens with zero attached hydrogens (tertiary/aromatic N) is 3. The zero-order valence-corrected chi connectivity index (χ0v) is 14.2. The van der Waals surface area contributed by atoms with Crippen molar-refractivity contribution in [3.05, 3.63) is 48.2 Å². The van der Waals surface area contributed by atoms with E-state index in [0.29, 0.717) is 32.8 Å². The second-order valence-electron chi connectivity index (χ2n) is 5.77. The van der Waals surface area contributed by atoms with Gasteiger partial charge in [0.25, 0.3) is 0 Å². The van der Waals surface area contributed by atoms with Gasteiger partial charge >= 0.3 is 6.09 Å². The van der Waals surface area contributed by atoms with Gasteiger partial charge in [-0.05, 0) is 19.1 Å². The van der Waals surface area contributed by atoms with Crippen LogP contribution in [0.5, 0.6) is 0 Å². The number of para-hydroxylation sites is 1. The molecule has 0 bridgehead atoms. The molecule has 0 aliphatic carbocycles. The molecule has 1 aromatic carbocycles. The molecule has 3 rings (SSSR count). The summed E-state index contributed by atoms with van der Waals surface area (Å²) < 4.78 is 4.99. The number of amides is 2. The van der Waals surface area contributed by atoms with Crippen LogP contribution in [0, 0.1) is 0 Å². The van der Waals surface area contributed by atoms with Gasteiger partial charge in [0.15, 0.2) is 0 Å². The van der Waals surface area contributed by atoms with E-state index < -0.39 is 0 Å². The lowest BCUT2D eigenvalue weighted by atomic mass is 10.1. The number of carbonyl (C=O) groups excluding carboxylic acids is 2. The van der Waals surface area contributed by atoms with Crippen molar-refractivity contribution in [3.8, 4) is 0 Å². The highest BCUT2D eigenvalue weighted by molar-refractivity contribution is 5.95. The Morgan fingerprint density at radius 1 is 1.12 bits per heavy atom. The van der Waals surface area contributed by atoms with Gasteiger partial charge in [-0.25, -0.2) is 4.79 Å². The summed E-state index contributed by atoms with van der Waals surface area (Å²) in [6.07, 6.45) is 4.81. The minimum atomic E-state index is -0.313. The number of piperazine rings is 1. The van der Waals surface area contributed by atoms with E-state index in [0.717, 1.165) is 16.5 Å². The lowest BCUT2D eigenvalue weighted by Gasteiger charge is -2.33. The number of rotatable bonds is 3. The predicted molar refractivity (Wildman–Crippen MR) is 96.0 cm³/mol. The molecular formula is C19H21N3O3. The first-order valence-electron chi connectivity index (χ1n) is 8.41. The number of hydrogen-bond acceptors (Lipinski definition) is 4. The van der Waals surface area contributed by atoms with Crippen molar-refractivity contribution in [2.75, 3.05) is 32.8 Å². The zero-order valence-electron chi connectivity index (χ0n) is 14.2. The van der Waals surface area contributed by atoms with Gasteiger partial charge in [0, 0.05) is 49.4 Å². The number of pyridine rings is 1. The topological polar surface area (TPSA) is 62.7 Å². The third kappa shape index (κ3) is 3.96. The highest BCUT2D eigenvalue weighted by Crippen LogP contribution is 2.17. The molecule has 1 aromatic heterocycles. The van der Waals surface area contributed by atoms with Gasteiger partial charge < -0.3 is 14.5 Å². The molecule has 0 radical (unpaired) electrons. The summed E-state index contributed by atoms with van der Waals surface area (Å²) in [5.74, 6) is -0.0588. The van der Waals surface area contributed by atoms with Crippen LogP contribution in [0.3, 0.4) is 0 Å². The first kappa shape index (κ1) is 17.0. The van der Waals surface area contributed by atoms with Gasteiger partial charge in [0.2, 0.25) is 5.91 Å². The zero-order chi connectivity index (χ0) is 17.6. The average molecular weight is 339 g/mol. The molecule has 25 heavy (non-hydrogen) atoms. The van der Waals surface area contributed by atoms with Crippen LogP contribution in [-0.2, 0) is 9.53 Å². The molecule has 0 N–H and O–H groups in total. The van der Waals surface area contributed by atoms with Crippen LogP contribution in [-0.4, -0.2) is 59.6 Å². The summed E-state index contributed by atoms with van der Waals surface area (Å²) in [6, 6.07) is 9.78. The van der Waals surface area contributed by atoms with E-state index in [2.05, 4.69) is 4.98 Å². The normalized spacial score (nSPS) is 14.9. The van der Waals surface area contributed by atoms with Crippen molar-refractivity contribution in [3.63, 3.8) is 0 Å². The van der Waals surface area contributed by atoms with Crippen LogP contribution in [0.4, 0.5) is 4.79 Å². The maximum Gasteiger partial charge on any atom is 0.409 e. The number of hydrogen-bond donors (Lipinski definition) is 0. The van der Waals surface area contributed by atoms with Crippen molar-refractivity contribution in [2.45, 2.75) is 6.92 Å². The van der Waals surface area contributed by atoms with Crippen molar-refractivity contribution >= 4 is 29.0 Å². The maximum atomic E-state index is 12.4. The van der Waals surface area contributed by atoms with Gasteiger partial charge in [-0.3, -0.25) is 9.78 Å². The monoisotopic (exact) mass is 339 g/mol. The fourth-order valence-electron chi connectivity index (χ4n) is 2.85. The van der Waals surface area contributed by atoms with Crippen LogP contribution in [0.15, 0.2) is 42.6 Å². The SMILES string of the molecule is CCOC(=O)N1CCN(C(=O)/C=C/c2cccc3cccnc23)CC1. The Hall–Kier alpha value is -2.89. The molecule has 1 fully saturated rings. The molecule has 6 heteroatoms. The molecule has 0 saturated carbocycles. The van der Waals surface area contributed by atoms with Crippen molar-refractivity contribution in [1.82, 2.24) is 14.8 Å². The molecule has 2 aromatic rings. The summed E-state index contributed by atoms with van der Waals surface area (Å²) >= 11 is 0. The van der Waals surface area contributed by atoms with E-state index in [4.69, 9.17) is 4.74 Å². The molecule has 0 unspecified atom stereocenters. The molecule has 0 atom stereocenters. The Kier molecular flexibility index (Phi) is 5.28. The predicted octanol–water partition coefficient (Wildman–Crippen LogP) is 2.55. The van der Waals surface area contributed by atoms with E-state index in [1.165, 1.54) is 0 Å². The lowest BCUT2D eigenvalue weighted by Crippen LogP contribution is -2.50. The average Bonchev–Trinajstić information content (AvgIpc) is 2.66. The number of ether oxygens (including phenoxy) is 1. The summed E-state index contributed by atoms with van der Waals surface area (Å²) in [5.41, 5.74) is 1.79. The highest BCUT2D eigenvalue weighted by atomic mass is 16.6. The van der Waals surface area contributed by atoms with Crippen molar-refractivity contribution in [1.29, 1.82) is 0 Å². The standard InChI is InChI=1S/C19H21N3O3/c1-2-25-19(24)22-13-11-21(12-14-22)17(23)9-8-16-6-3-5-15-7-4-10-20-18(15)16/h3-10H,2,11-14H2,1H3/b9-8+. The quantitative estimate of drug-likeness (QED) is 0.806. The van der Waals surface area contributed by atoms with Crippen LogP contribution in [0.2, 0.25) is 0 Å². The van der Waals surface area contributed by atoms with Gasteiger partial charge in [-0.2, -0.15) is 0 Å². The summed E-state index contributed by atoms with van der Waals surface area (Å²) in [7, 11) is 0. The fraction of sp³-hybridized carbons (Fsp3) is 0.316. The Labute approximate surface area is 146 Å². The molecule has 1 aliphatic rings. The Morgan fingerprint density at radius 3 is 2.60 bits per heavy atom. The van der Waals surface area contributed by atoms with Crippen LogP contribution in [0.1, 0.15) is 12.5 Å². The van der Waals surface area contributed by atoms with Crippen LogP contribution < -0.4 is 0 Å². The highest BCUT2D eigenvalue weighted by Gasteiger charge is 2.23. The smallest absolute Gasteiger partial charge is 0.409 e. The number of carbonyl (C=O) groups is 2. The van der Waals surface area contributed by atoms with E-state index >= 15 is 0 Å². The van der Waals surface area contributed by atoms with Gasteiger partial charge in [-0.15, -0.1) is 0 Å². The lowest BCUT2D eigenvalue weighted by molar-refractivity contribution is -0.127. The van der Waals surface area contributed by atoms with Gasteiger partial charge in [-0.1, -0.05) is 24.3 Å². The third-order valence-corrected chi connectivity index (χ3v) is 4.19. The van der Waals surface area contributed by atoms with Crippen LogP contribution >= 0.6 is 0 Å². The van der Waals surface area contributed by atoms with Gasteiger partial charge in [0.1, 0.15) is 0 Å². The molecule has 0 spiro atoms. The summed E-state index contributed by atoms with van der Waals surface area (Å²) in [4.78, 5) is 31.8. The Balaban J connectivity index is 1.63. The van der Waals surface area contributed by atoms with E-state index in [-0.39, 0.29) is 12.0 Å². The molecule has 6 nitrogen and oxygen atoms in total. The molecule has 1 saturated heterocycles. The third-order valence-electron chi connectivity index (χ3n) is 4.19. The molecule has 2 amide bonds. The Morgan fingerprint density at radius 2 is 1.84 bits per heavy atom.